The predicted molar refractivity (Wildman–Crippen MR) is 162 cm³/mol. The van der Waals surface area contributed by atoms with Crippen LogP contribution in [0.4, 0.5) is 4.39 Å². The molecule has 40 heavy (non-hydrogen) atoms. The zero-order chi connectivity index (χ0) is 27.2. The maximum atomic E-state index is 15.5. The van der Waals surface area contributed by atoms with Gasteiger partial charge in [0.05, 0.1) is 11.1 Å². The van der Waals surface area contributed by atoms with E-state index in [0.717, 1.165) is 44.3 Å². The maximum absolute atomic E-state index is 15.5. The molecule has 0 unspecified atom stereocenters. The molecular weight excluding hydrogens is 493 g/mol. The summed E-state index contributed by atoms with van der Waals surface area (Å²) in [5.74, 6) is 0.363. The molecule has 0 aliphatic heterocycles. The number of aryl methyl sites for hydroxylation is 2. The van der Waals surface area contributed by atoms with Crippen molar-refractivity contribution in [2.45, 2.75) is 44.9 Å². The van der Waals surface area contributed by atoms with Gasteiger partial charge in [-0.25, -0.2) is 8.96 Å². The average Bonchev–Trinajstić information content (AvgIpc) is 3.37. The summed E-state index contributed by atoms with van der Waals surface area (Å²) in [6.07, 6.45) is 8.59. The van der Waals surface area contributed by atoms with E-state index >= 15 is 4.39 Å². The van der Waals surface area contributed by atoms with Gasteiger partial charge in [-0.3, -0.25) is 0 Å². The molecule has 7 rings (SSSR count). The second kappa shape index (κ2) is 10.1. The summed E-state index contributed by atoms with van der Waals surface area (Å²) in [6.45, 7) is 2.11. The largest absolute Gasteiger partial charge is 0.454 e. The molecule has 0 spiro atoms. The van der Waals surface area contributed by atoms with E-state index in [9.17, 15) is 0 Å². The molecule has 4 aromatic carbocycles. The number of rotatable bonds is 4. The zero-order valence-electron chi connectivity index (χ0n) is 23.1. The number of benzene rings is 4. The lowest BCUT2D eigenvalue weighted by molar-refractivity contribution is -0.659. The minimum Gasteiger partial charge on any atom is -0.454 e. The van der Waals surface area contributed by atoms with Crippen LogP contribution in [0.3, 0.4) is 0 Å². The molecule has 1 aliphatic rings. The third-order valence-corrected chi connectivity index (χ3v) is 8.74. The van der Waals surface area contributed by atoms with Gasteiger partial charge in [-0.1, -0.05) is 86.0 Å². The fraction of sp³-hybridized carbons (Fsp3) is 0.216. The second-order valence-electron chi connectivity index (χ2n) is 11.3. The fourth-order valence-corrected chi connectivity index (χ4v) is 6.59. The van der Waals surface area contributed by atoms with Gasteiger partial charge < -0.3 is 4.42 Å². The first-order chi connectivity index (χ1) is 19.6. The van der Waals surface area contributed by atoms with Gasteiger partial charge in [-0.2, -0.15) is 0 Å². The first-order valence-corrected chi connectivity index (χ1v) is 14.4. The molecule has 1 fully saturated rings. The summed E-state index contributed by atoms with van der Waals surface area (Å²) in [6, 6.07) is 30.9. The number of pyridine rings is 1. The van der Waals surface area contributed by atoms with Crippen LogP contribution in [0, 0.1) is 12.7 Å². The van der Waals surface area contributed by atoms with Crippen molar-refractivity contribution in [1.82, 2.24) is 0 Å². The smallest absolute Gasteiger partial charge is 0.216 e. The van der Waals surface area contributed by atoms with E-state index in [2.05, 4.69) is 97.5 Å². The van der Waals surface area contributed by atoms with Crippen molar-refractivity contribution in [3.8, 4) is 33.5 Å². The molecule has 2 heterocycles. The normalized spacial score (nSPS) is 14.3. The average molecular weight is 527 g/mol. The molecule has 1 aliphatic carbocycles. The Kier molecular flexibility index (Phi) is 6.23. The van der Waals surface area contributed by atoms with Crippen molar-refractivity contribution in [1.29, 1.82) is 0 Å². The van der Waals surface area contributed by atoms with Gasteiger partial charge in [0.15, 0.2) is 6.20 Å². The highest BCUT2D eigenvalue weighted by Crippen LogP contribution is 2.42. The predicted octanol–water partition coefficient (Wildman–Crippen LogP) is 9.91. The summed E-state index contributed by atoms with van der Waals surface area (Å²) in [4.78, 5) is 0. The maximum Gasteiger partial charge on any atom is 0.216 e. The number of hydrogen-bond donors (Lipinski definition) is 0. The number of aromatic nitrogens is 1. The minimum atomic E-state index is -0.256. The van der Waals surface area contributed by atoms with Gasteiger partial charge in [0, 0.05) is 22.4 Å². The van der Waals surface area contributed by atoms with Crippen LogP contribution in [0.1, 0.15) is 49.1 Å². The van der Waals surface area contributed by atoms with E-state index in [4.69, 9.17) is 4.42 Å². The number of fused-ring (bicyclic) bond motifs is 3. The van der Waals surface area contributed by atoms with E-state index in [1.54, 1.807) is 6.07 Å². The third-order valence-electron chi connectivity index (χ3n) is 8.74. The SMILES string of the molecule is Cc1ccc2c(oc3c(-c4ccc(C5CCCCC5)cc4)c(F)ccc32)c1-c1ccc(-c2ccccc2)c[n+]1C. The van der Waals surface area contributed by atoms with Crippen molar-refractivity contribution in [3.63, 3.8) is 0 Å². The number of halogens is 1. The molecule has 0 N–H and O–H groups in total. The summed E-state index contributed by atoms with van der Waals surface area (Å²) >= 11 is 0. The highest BCUT2D eigenvalue weighted by atomic mass is 19.1. The fourth-order valence-electron chi connectivity index (χ4n) is 6.59. The van der Waals surface area contributed by atoms with Gasteiger partial charge in [0.2, 0.25) is 5.69 Å². The van der Waals surface area contributed by atoms with Crippen LogP contribution < -0.4 is 4.57 Å². The standard InChI is InChI=1S/C37H33FNO/c1-24-13-19-30-31-20-21-32(38)35(28-16-14-27(15-17-28)25-9-5-3-6-10-25)37(31)40-36(30)34(24)33-22-18-29(23-39(33)2)26-11-7-4-8-12-26/h4,7-8,11-23,25H,3,5-6,9-10H2,1-2H3/q+1. The second-order valence-corrected chi connectivity index (χ2v) is 11.3. The summed E-state index contributed by atoms with van der Waals surface area (Å²) in [7, 11) is 2.07. The van der Waals surface area contributed by atoms with Gasteiger partial charge in [0.25, 0.3) is 0 Å². The molecule has 2 aromatic heterocycles. The summed E-state index contributed by atoms with van der Waals surface area (Å²) < 4.78 is 24.3. The van der Waals surface area contributed by atoms with Gasteiger partial charge in [0.1, 0.15) is 24.0 Å². The zero-order valence-corrected chi connectivity index (χ0v) is 23.1. The molecule has 0 saturated heterocycles. The van der Waals surface area contributed by atoms with Crippen molar-refractivity contribution in [3.05, 3.63) is 114 Å². The van der Waals surface area contributed by atoms with E-state index in [1.807, 2.05) is 12.1 Å². The molecule has 0 atom stereocenters. The Morgan fingerprint density at radius 1 is 0.675 bits per heavy atom. The number of hydrogen-bond acceptors (Lipinski definition) is 1. The van der Waals surface area contributed by atoms with Crippen LogP contribution in [0.25, 0.3) is 55.4 Å². The van der Waals surface area contributed by atoms with Crippen LogP contribution in [-0.2, 0) is 7.05 Å². The highest BCUT2D eigenvalue weighted by molar-refractivity contribution is 6.13. The Hall–Kier alpha value is -4.24. The summed E-state index contributed by atoms with van der Waals surface area (Å²) in [5.41, 5.74) is 9.71. The lowest BCUT2D eigenvalue weighted by atomic mass is 9.83. The van der Waals surface area contributed by atoms with E-state index in [1.165, 1.54) is 43.2 Å². The monoisotopic (exact) mass is 526 g/mol. The lowest BCUT2D eigenvalue weighted by Crippen LogP contribution is -2.30. The van der Waals surface area contributed by atoms with Crippen molar-refractivity contribution in [2.75, 3.05) is 0 Å². The lowest BCUT2D eigenvalue weighted by Gasteiger charge is -2.22. The van der Waals surface area contributed by atoms with E-state index < -0.39 is 0 Å². The Morgan fingerprint density at radius 2 is 1.35 bits per heavy atom. The van der Waals surface area contributed by atoms with Crippen LogP contribution in [-0.4, -0.2) is 0 Å². The molecule has 3 heteroatoms. The van der Waals surface area contributed by atoms with Crippen molar-refractivity contribution in [2.24, 2.45) is 7.05 Å². The van der Waals surface area contributed by atoms with Crippen molar-refractivity contribution < 1.29 is 13.4 Å². The van der Waals surface area contributed by atoms with Gasteiger partial charge in [-0.05, 0) is 66.1 Å². The molecule has 6 aromatic rings. The van der Waals surface area contributed by atoms with Gasteiger partial charge >= 0.3 is 0 Å². The topological polar surface area (TPSA) is 17.0 Å². The Morgan fingerprint density at radius 3 is 2.08 bits per heavy atom. The van der Waals surface area contributed by atoms with Crippen LogP contribution in [0.15, 0.2) is 102 Å². The third kappa shape index (κ3) is 4.21. The Labute approximate surface area is 234 Å². The number of nitrogens with zero attached hydrogens (tertiary/aromatic N) is 1. The molecule has 0 radical (unpaired) electrons. The molecule has 1 saturated carbocycles. The first kappa shape index (κ1) is 24.8. The van der Waals surface area contributed by atoms with E-state index in [-0.39, 0.29) is 5.82 Å². The highest BCUT2D eigenvalue weighted by Gasteiger charge is 2.24. The van der Waals surface area contributed by atoms with E-state index in [0.29, 0.717) is 17.1 Å². The minimum absolute atomic E-state index is 0.256. The molecule has 198 valence electrons. The Bertz CT molecular complexity index is 1840. The van der Waals surface area contributed by atoms with Crippen LogP contribution in [0.5, 0.6) is 0 Å². The quantitative estimate of drug-likeness (QED) is 0.209. The molecule has 2 nitrogen and oxygen atoms in total. The molecule has 0 amide bonds. The van der Waals surface area contributed by atoms with Gasteiger partial charge in [-0.15, -0.1) is 0 Å². The van der Waals surface area contributed by atoms with Crippen molar-refractivity contribution >= 4 is 21.9 Å². The Balaban J connectivity index is 1.36. The van der Waals surface area contributed by atoms with Crippen LogP contribution in [0.2, 0.25) is 0 Å². The van der Waals surface area contributed by atoms with Crippen LogP contribution >= 0.6 is 0 Å². The molecular formula is C37H33FNO+. The molecule has 0 bridgehead atoms. The summed E-state index contributed by atoms with van der Waals surface area (Å²) in [5, 5.41) is 1.94. The first-order valence-electron chi connectivity index (χ1n) is 14.4. The number of furan rings is 1.